The van der Waals surface area contributed by atoms with Gasteiger partial charge in [-0.15, -0.1) is 0 Å². The molecule has 0 aliphatic rings. The van der Waals surface area contributed by atoms with Crippen molar-refractivity contribution in [3.8, 4) is 0 Å². The second-order valence-electron chi connectivity index (χ2n) is 6.50. The molecule has 1 aromatic heterocycles. The first-order valence-corrected chi connectivity index (χ1v) is 9.32. The van der Waals surface area contributed by atoms with Crippen molar-refractivity contribution in [2.24, 2.45) is 0 Å². The van der Waals surface area contributed by atoms with Gasteiger partial charge in [0.15, 0.2) is 0 Å². The standard InChI is InChI=1S/C22H25N3O2/c1-4-19(16-11-7-6-8-12-16)24-21(26)20-15(3)25(23-5-2)22(27)18-14-10-9-13-17(18)20/h6-14,19,23H,4-5H2,1-3H3,(H,24,26). The number of fused-ring (bicyclic) bond motifs is 1. The van der Waals surface area contributed by atoms with Gasteiger partial charge in [0.25, 0.3) is 11.5 Å². The summed E-state index contributed by atoms with van der Waals surface area (Å²) < 4.78 is 1.47. The Morgan fingerprint density at radius 1 is 1.00 bits per heavy atom. The Kier molecular flexibility index (Phi) is 5.60. The fraction of sp³-hybridized carbons (Fsp3) is 0.273. The molecule has 1 heterocycles. The third-order valence-corrected chi connectivity index (χ3v) is 4.79. The zero-order chi connectivity index (χ0) is 19.4. The summed E-state index contributed by atoms with van der Waals surface area (Å²) in [5.74, 6) is -0.175. The van der Waals surface area contributed by atoms with Crippen LogP contribution in [0, 0.1) is 6.92 Å². The Morgan fingerprint density at radius 2 is 1.63 bits per heavy atom. The van der Waals surface area contributed by atoms with Gasteiger partial charge in [-0.05, 0) is 31.9 Å². The lowest BCUT2D eigenvalue weighted by Gasteiger charge is -2.21. The molecule has 0 radical (unpaired) electrons. The van der Waals surface area contributed by atoms with Gasteiger partial charge in [-0.25, -0.2) is 4.68 Å². The van der Waals surface area contributed by atoms with Crippen molar-refractivity contribution in [3.05, 3.63) is 81.8 Å². The third-order valence-electron chi connectivity index (χ3n) is 4.79. The number of carbonyl (C=O) groups excluding carboxylic acids is 1. The molecule has 0 saturated heterocycles. The van der Waals surface area contributed by atoms with E-state index in [0.717, 1.165) is 12.0 Å². The van der Waals surface area contributed by atoms with Gasteiger partial charge < -0.3 is 10.7 Å². The van der Waals surface area contributed by atoms with E-state index in [1.165, 1.54) is 4.68 Å². The maximum absolute atomic E-state index is 13.2. The average Bonchev–Trinajstić information content (AvgIpc) is 2.70. The van der Waals surface area contributed by atoms with Crippen molar-refractivity contribution in [3.63, 3.8) is 0 Å². The summed E-state index contributed by atoms with van der Waals surface area (Å²) in [6, 6.07) is 17.1. The number of hydrogen-bond donors (Lipinski definition) is 2. The molecule has 0 aliphatic heterocycles. The molecule has 2 N–H and O–H groups in total. The highest BCUT2D eigenvalue weighted by molar-refractivity contribution is 6.07. The second-order valence-corrected chi connectivity index (χ2v) is 6.50. The number of nitrogens with zero attached hydrogens (tertiary/aromatic N) is 1. The lowest BCUT2D eigenvalue weighted by atomic mass is 10.0. The molecular formula is C22H25N3O2. The molecule has 0 bridgehead atoms. The van der Waals surface area contributed by atoms with Crippen molar-refractivity contribution >= 4 is 16.7 Å². The number of amides is 1. The molecular weight excluding hydrogens is 338 g/mol. The quantitative estimate of drug-likeness (QED) is 0.701. The highest BCUT2D eigenvalue weighted by Crippen LogP contribution is 2.22. The number of carbonyl (C=O) groups is 1. The molecule has 0 spiro atoms. The second kappa shape index (κ2) is 8.08. The molecule has 0 aliphatic carbocycles. The Labute approximate surface area is 159 Å². The predicted octanol–water partition coefficient (Wildman–Crippen LogP) is 3.75. The Balaban J connectivity index is 2.10. The van der Waals surface area contributed by atoms with Crippen LogP contribution in [0.15, 0.2) is 59.4 Å². The zero-order valence-corrected chi connectivity index (χ0v) is 16.0. The first kappa shape index (κ1) is 18.7. The normalized spacial score (nSPS) is 12.0. The SMILES string of the molecule is CCNn1c(C)c(C(=O)NC(CC)c2ccccc2)c2ccccc2c1=O. The molecule has 3 aromatic rings. The molecule has 5 heteroatoms. The summed E-state index contributed by atoms with van der Waals surface area (Å²) in [6.07, 6.45) is 0.777. The third kappa shape index (κ3) is 3.58. The van der Waals surface area contributed by atoms with Crippen LogP contribution in [-0.4, -0.2) is 17.1 Å². The van der Waals surface area contributed by atoms with Crippen molar-refractivity contribution < 1.29 is 4.79 Å². The van der Waals surface area contributed by atoms with Crippen LogP contribution in [-0.2, 0) is 0 Å². The fourth-order valence-corrected chi connectivity index (χ4v) is 3.44. The van der Waals surface area contributed by atoms with Gasteiger partial charge >= 0.3 is 0 Å². The number of pyridine rings is 1. The van der Waals surface area contributed by atoms with E-state index in [2.05, 4.69) is 10.7 Å². The van der Waals surface area contributed by atoms with Crippen LogP contribution in [0.2, 0.25) is 0 Å². The van der Waals surface area contributed by atoms with E-state index < -0.39 is 0 Å². The van der Waals surface area contributed by atoms with E-state index in [1.807, 2.05) is 62.4 Å². The van der Waals surface area contributed by atoms with E-state index in [0.29, 0.717) is 28.6 Å². The lowest BCUT2D eigenvalue weighted by Crippen LogP contribution is -2.35. The van der Waals surface area contributed by atoms with E-state index in [-0.39, 0.29) is 17.5 Å². The largest absolute Gasteiger partial charge is 0.345 e. The summed E-state index contributed by atoms with van der Waals surface area (Å²) in [7, 11) is 0. The van der Waals surface area contributed by atoms with Crippen molar-refractivity contribution in [1.29, 1.82) is 0 Å². The Bertz CT molecular complexity index is 1010. The minimum Gasteiger partial charge on any atom is -0.345 e. The van der Waals surface area contributed by atoms with E-state index in [9.17, 15) is 9.59 Å². The van der Waals surface area contributed by atoms with Crippen LogP contribution in [0.4, 0.5) is 0 Å². The molecule has 5 nitrogen and oxygen atoms in total. The summed E-state index contributed by atoms with van der Waals surface area (Å²) in [5.41, 5.74) is 5.12. The first-order chi connectivity index (χ1) is 13.1. The number of rotatable bonds is 6. The smallest absolute Gasteiger partial charge is 0.276 e. The van der Waals surface area contributed by atoms with Gasteiger partial charge in [-0.1, -0.05) is 55.5 Å². The maximum Gasteiger partial charge on any atom is 0.276 e. The summed E-state index contributed by atoms with van der Waals surface area (Å²) in [4.78, 5) is 26.0. The van der Waals surface area contributed by atoms with Crippen molar-refractivity contribution in [1.82, 2.24) is 9.99 Å². The van der Waals surface area contributed by atoms with Crippen LogP contribution in [0.5, 0.6) is 0 Å². The average molecular weight is 363 g/mol. The molecule has 1 amide bonds. The minimum atomic E-state index is -0.175. The van der Waals surface area contributed by atoms with Crippen LogP contribution < -0.4 is 16.3 Å². The van der Waals surface area contributed by atoms with E-state index in [1.54, 1.807) is 13.0 Å². The van der Waals surface area contributed by atoms with Crippen LogP contribution >= 0.6 is 0 Å². The lowest BCUT2D eigenvalue weighted by molar-refractivity contribution is 0.0936. The Hall–Kier alpha value is -3.08. The predicted molar refractivity (Wildman–Crippen MR) is 110 cm³/mol. The van der Waals surface area contributed by atoms with Gasteiger partial charge in [-0.3, -0.25) is 9.59 Å². The number of benzene rings is 2. The van der Waals surface area contributed by atoms with Crippen LogP contribution in [0.3, 0.4) is 0 Å². The van der Waals surface area contributed by atoms with Crippen molar-refractivity contribution in [2.75, 3.05) is 12.0 Å². The van der Waals surface area contributed by atoms with Gasteiger partial charge in [0.05, 0.1) is 17.3 Å². The monoisotopic (exact) mass is 363 g/mol. The van der Waals surface area contributed by atoms with E-state index >= 15 is 0 Å². The van der Waals surface area contributed by atoms with Gasteiger partial charge in [0, 0.05) is 17.3 Å². The summed E-state index contributed by atoms with van der Waals surface area (Å²) >= 11 is 0. The van der Waals surface area contributed by atoms with E-state index in [4.69, 9.17) is 0 Å². The molecule has 2 aromatic carbocycles. The molecule has 0 saturated carbocycles. The van der Waals surface area contributed by atoms with Gasteiger partial charge in [-0.2, -0.15) is 0 Å². The highest BCUT2D eigenvalue weighted by Gasteiger charge is 2.21. The molecule has 140 valence electrons. The van der Waals surface area contributed by atoms with Gasteiger partial charge in [0.2, 0.25) is 0 Å². The molecule has 27 heavy (non-hydrogen) atoms. The minimum absolute atomic E-state index is 0.0867. The molecule has 1 unspecified atom stereocenters. The maximum atomic E-state index is 13.2. The number of aromatic nitrogens is 1. The topological polar surface area (TPSA) is 63.1 Å². The first-order valence-electron chi connectivity index (χ1n) is 9.32. The fourth-order valence-electron chi connectivity index (χ4n) is 3.44. The molecule has 0 fully saturated rings. The highest BCUT2D eigenvalue weighted by atomic mass is 16.2. The van der Waals surface area contributed by atoms with Crippen LogP contribution in [0.1, 0.15) is 47.9 Å². The van der Waals surface area contributed by atoms with Crippen LogP contribution in [0.25, 0.3) is 10.8 Å². The van der Waals surface area contributed by atoms with Gasteiger partial charge in [0.1, 0.15) is 0 Å². The van der Waals surface area contributed by atoms with Crippen molar-refractivity contribution in [2.45, 2.75) is 33.2 Å². The Morgan fingerprint density at radius 3 is 2.26 bits per heavy atom. The summed E-state index contributed by atoms with van der Waals surface area (Å²) in [6.45, 7) is 6.35. The summed E-state index contributed by atoms with van der Waals surface area (Å²) in [5, 5.41) is 4.34. The number of nitrogens with one attached hydrogen (secondary N) is 2. The molecule has 1 atom stereocenters. The zero-order valence-electron chi connectivity index (χ0n) is 16.0. The number of hydrogen-bond acceptors (Lipinski definition) is 3. The molecule has 3 rings (SSSR count).